The SMILES string of the molecule is Nc1ccc2c(c1)ncn2C1CC1. The summed E-state index contributed by atoms with van der Waals surface area (Å²) in [5.41, 5.74) is 8.67. The molecule has 1 aliphatic carbocycles. The third-order valence-electron chi connectivity index (χ3n) is 2.54. The first kappa shape index (κ1) is 6.95. The minimum atomic E-state index is 0.689. The third kappa shape index (κ3) is 1.00. The monoisotopic (exact) mass is 173 g/mol. The number of nitrogens with two attached hydrogens (primary N) is 1. The van der Waals surface area contributed by atoms with Crippen molar-refractivity contribution in [1.29, 1.82) is 0 Å². The Bertz CT molecular complexity index is 454. The second-order valence-corrected chi connectivity index (χ2v) is 3.63. The molecular weight excluding hydrogens is 162 g/mol. The molecule has 3 rings (SSSR count). The lowest BCUT2D eigenvalue weighted by atomic mass is 10.3. The van der Waals surface area contributed by atoms with Crippen molar-refractivity contribution in [3.05, 3.63) is 24.5 Å². The maximum absolute atomic E-state index is 5.68. The van der Waals surface area contributed by atoms with E-state index >= 15 is 0 Å². The van der Waals surface area contributed by atoms with Crippen LogP contribution in [0.25, 0.3) is 11.0 Å². The zero-order valence-corrected chi connectivity index (χ0v) is 7.27. The van der Waals surface area contributed by atoms with Gasteiger partial charge in [0.15, 0.2) is 0 Å². The molecule has 1 saturated carbocycles. The summed E-state index contributed by atoms with van der Waals surface area (Å²) >= 11 is 0. The van der Waals surface area contributed by atoms with Crippen LogP contribution in [0, 0.1) is 0 Å². The van der Waals surface area contributed by atoms with Crippen LogP contribution >= 0.6 is 0 Å². The average Bonchev–Trinajstić information content (AvgIpc) is 2.87. The zero-order chi connectivity index (χ0) is 8.84. The predicted octanol–water partition coefficient (Wildman–Crippen LogP) is 1.95. The van der Waals surface area contributed by atoms with E-state index in [1.54, 1.807) is 0 Å². The van der Waals surface area contributed by atoms with Gasteiger partial charge in [0.1, 0.15) is 0 Å². The third-order valence-corrected chi connectivity index (χ3v) is 2.54. The Kier molecular flexibility index (Phi) is 1.20. The number of imidazole rings is 1. The molecule has 0 radical (unpaired) electrons. The number of fused-ring (bicyclic) bond motifs is 1. The molecular formula is C10H11N3. The van der Waals surface area contributed by atoms with Crippen LogP contribution < -0.4 is 5.73 Å². The van der Waals surface area contributed by atoms with E-state index in [-0.39, 0.29) is 0 Å². The van der Waals surface area contributed by atoms with Crippen LogP contribution in [0.15, 0.2) is 24.5 Å². The van der Waals surface area contributed by atoms with E-state index in [0.29, 0.717) is 6.04 Å². The van der Waals surface area contributed by atoms with Crippen LogP contribution in [0.3, 0.4) is 0 Å². The first-order valence-corrected chi connectivity index (χ1v) is 4.57. The van der Waals surface area contributed by atoms with Gasteiger partial charge >= 0.3 is 0 Å². The second kappa shape index (κ2) is 2.25. The summed E-state index contributed by atoms with van der Waals surface area (Å²) in [4.78, 5) is 4.32. The predicted molar refractivity (Wildman–Crippen MR) is 52.4 cm³/mol. The van der Waals surface area contributed by atoms with Crippen molar-refractivity contribution in [3.8, 4) is 0 Å². The normalized spacial score (nSPS) is 16.6. The van der Waals surface area contributed by atoms with Crippen molar-refractivity contribution >= 4 is 16.7 Å². The minimum absolute atomic E-state index is 0.689. The molecule has 66 valence electrons. The van der Waals surface area contributed by atoms with Gasteiger partial charge in [-0.05, 0) is 31.0 Å². The molecule has 3 heteroatoms. The fourth-order valence-electron chi connectivity index (χ4n) is 1.69. The molecule has 1 aromatic heterocycles. The molecule has 0 spiro atoms. The Balaban J connectivity index is 2.26. The maximum Gasteiger partial charge on any atom is 0.0960 e. The molecule has 0 unspecified atom stereocenters. The van der Waals surface area contributed by atoms with E-state index < -0.39 is 0 Å². The zero-order valence-electron chi connectivity index (χ0n) is 7.27. The molecule has 1 aromatic carbocycles. The van der Waals surface area contributed by atoms with Crippen LogP contribution in [0.1, 0.15) is 18.9 Å². The number of nitrogen functional groups attached to an aromatic ring is 1. The molecule has 2 aromatic rings. The summed E-state index contributed by atoms with van der Waals surface area (Å²) in [6.45, 7) is 0. The summed E-state index contributed by atoms with van der Waals surface area (Å²) < 4.78 is 2.24. The van der Waals surface area contributed by atoms with Gasteiger partial charge in [-0.1, -0.05) is 0 Å². The van der Waals surface area contributed by atoms with Crippen molar-refractivity contribution in [2.45, 2.75) is 18.9 Å². The Morgan fingerprint density at radius 1 is 1.38 bits per heavy atom. The number of hydrogen-bond donors (Lipinski definition) is 1. The van der Waals surface area contributed by atoms with Crippen LogP contribution in [0.5, 0.6) is 0 Å². The van der Waals surface area contributed by atoms with E-state index in [9.17, 15) is 0 Å². The number of anilines is 1. The molecule has 0 bridgehead atoms. The molecule has 0 saturated heterocycles. The number of nitrogens with zero attached hydrogens (tertiary/aromatic N) is 2. The number of rotatable bonds is 1. The highest BCUT2D eigenvalue weighted by molar-refractivity contribution is 5.79. The molecule has 13 heavy (non-hydrogen) atoms. The molecule has 1 aliphatic rings. The van der Waals surface area contributed by atoms with E-state index in [1.165, 1.54) is 18.4 Å². The second-order valence-electron chi connectivity index (χ2n) is 3.63. The van der Waals surface area contributed by atoms with Crippen molar-refractivity contribution in [2.24, 2.45) is 0 Å². The van der Waals surface area contributed by atoms with Gasteiger partial charge in [-0.3, -0.25) is 0 Å². The van der Waals surface area contributed by atoms with Gasteiger partial charge in [-0.15, -0.1) is 0 Å². The maximum atomic E-state index is 5.68. The van der Waals surface area contributed by atoms with Crippen molar-refractivity contribution in [3.63, 3.8) is 0 Å². The topological polar surface area (TPSA) is 43.8 Å². The fourth-order valence-corrected chi connectivity index (χ4v) is 1.69. The summed E-state index contributed by atoms with van der Waals surface area (Å²) in [6.07, 6.45) is 4.49. The Morgan fingerprint density at radius 3 is 3.00 bits per heavy atom. The Morgan fingerprint density at radius 2 is 2.23 bits per heavy atom. The fraction of sp³-hybridized carbons (Fsp3) is 0.300. The Labute approximate surface area is 76.2 Å². The summed E-state index contributed by atoms with van der Waals surface area (Å²) in [6, 6.07) is 6.60. The van der Waals surface area contributed by atoms with E-state index in [4.69, 9.17) is 5.73 Å². The van der Waals surface area contributed by atoms with Gasteiger partial charge in [-0.25, -0.2) is 4.98 Å². The molecule has 0 atom stereocenters. The smallest absolute Gasteiger partial charge is 0.0960 e. The highest BCUT2D eigenvalue weighted by atomic mass is 15.1. The molecule has 1 fully saturated rings. The van der Waals surface area contributed by atoms with Crippen LogP contribution in [0.2, 0.25) is 0 Å². The minimum Gasteiger partial charge on any atom is -0.399 e. The number of aromatic nitrogens is 2. The highest BCUT2D eigenvalue weighted by Gasteiger charge is 2.24. The number of hydrogen-bond acceptors (Lipinski definition) is 2. The van der Waals surface area contributed by atoms with Gasteiger partial charge < -0.3 is 10.3 Å². The molecule has 2 N–H and O–H groups in total. The van der Waals surface area contributed by atoms with Gasteiger partial charge in [0.2, 0.25) is 0 Å². The van der Waals surface area contributed by atoms with Gasteiger partial charge in [-0.2, -0.15) is 0 Å². The number of benzene rings is 1. The lowest BCUT2D eigenvalue weighted by Crippen LogP contribution is -1.90. The standard InChI is InChI=1S/C10H11N3/c11-7-1-4-10-9(5-7)12-6-13(10)8-2-3-8/h1,4-6,8H,2-3,11H2. The molecule has 3 nitrogen and oxygen atoms in total. The lowest BCUT2D eigenvalue weighted by Gasteiger charge is -1.99. The molecule has 0 aliphatic heterocycles. The van der Waals surface area contributed by atoms with Gasteiger partial charge in [0.25, 0.3) is 0 Å². The van der Waals surface area contributed by atoms with Gasteiger partial charge in [0, 0.05) is 11.7 Å². The van der Waals surface area contributed by atoms with Crippen LogP contribution in [-0.4, -0.2) is 9.55 Å². The van der Waals surface area contributed by atoms with Crippen molar-refractivity contribution in [1.82, 2.24) is 9.55 Å². The highest BCUT2D eigenvalue weighted by Crippen LogP contribution is 2.37. The van der Waals surface area contributed by atoms with E-state index in [1.807, 2.05) is 18.5 Å². The van der Waals surface area contributed by atoms with E-state index in [0.717, 1.165) is 11.2 Å². The first-order chi connectivity index (χ1) is 6.34. The first-order valence-electron chi connectivity index (χ1n) is 4.57. The molecule has 0 amide bonds. The average molecular weight is 173 g/mol. The summed E-state index contributed by atoms with van der Waals surface area (Å²) in [7, 11) is 0. The van der Waals surface area contributed by atoms with Crippen LogP contribution in [-0.2, 0) is 0 Å². The molecule has 1 heterocycles. The quantitative estimate of drug-likeness (QED) is 0.670. The van der Waals surface area contributed by atoms with Crippen molar-refractivity contribution in [2.75, 3.05) is 5.73 Å². The van der Waals surface area contributed by atoms with E-state index in [2.05, 4.69) is 15.6 Å². The lowest BCUT2D eigenvalue weighted by molar-refractivity contribution is 0.766. The van der Waals surface area contributed by atoms with Gasteiger partial charge in [0.05, 0.1) is 17.4 Å². The van der Waals surface area contributed by atoms with Crippen molar-refractivity contribution < 1.29 is 0 Å². The summed E-state index contributed by atoms with van der Waals surface area (Å²) in [5, 5.41) is 0. The largest absolute Gasteiger partial charge is 0.399 e. The summed E-state index contributed by atoms with van der Waals surface area (Å²) in [5.74, 6) is 0. The Hall–Kier alpha value is -1.51. The van der Waals surface area contributed by atoms with Crippen LogP contribution in [0.4, 0.5) is 5.69 Å².